The SMILES string of the molecule is [O-][NH+](O)c1ccccc1C[C@@H]1C[C@H]1Cl. The fourth-order valence-corrected chi connectivity index (χ4v) is 1.93. The van der Waals surface area contributed by atoms with E-state index in [1.807, 2.05) is 12.1 Å². The van der Waals surface area contributed by atoms with Crippen molar-refractivity contribution in [2.45, 2.75) is 18.2 Å². The molecule has 0 bridgehead atoms. The molecule has 1 saturated carbocycles. The van der Waals surface area contributed by atoms with Gasteiger partial charge in [-0.1, -0.05) is 18.2 Å². The molecule has 1 unspecified atom stereocenters. The second kappa shape index (κ2) is 3.87. The molecule has 1 aliphatic carbocycles. The van der Waals surface area contributed by atoms with Crippen LogP contribution in [0.1, 0.15) is 12.0 Å². The third-order valence-electron chi connectivity index (χ3n) is 2.57. The number of rotatable bonds is 3. The standard InChI is InChI=1S/C10H12ClNO2/c11-9-6-8(9)5-7-3-1-2-4-10(7)12(13)14/h1-4,8-9,12-13H,5-6H2/t8-,9-/m1/s1. The number of alkyl halides is 1. The number of nitrogens with one attached hydrogen (secondary N) is 1. The zero-order valence-corrected chi connectivity index (χ0v) is 8.37. The van der Waals surface area contributed by atoms with Crippen LogP contribution >= 0.6 is 11.6 Å². The highest BCUT2D eigenvalue weighted by molar-refractivity contribution is 6.22. The molecule has 1 aromatic rings. The van der Waals surface area contributed by atoms with E-state index in [2.05, 4.69) is 0 Å². The Kier molecular flexibility index (Phi) is 2.74. The Labute approximate surface area is 87.4 Å². The molecular formula is C10H12ClNO2. The predicted molar refractivity (Wildman–Crippen MR) is 53.7 cm³/mol. The van der Waals surface area contributed by atoms with Gasteiger partial charge in [0.05, 0.1) is 0 Å². The number of quaternary nitrogens is 1. The number of hydrogen-bond acceptors (Lipinski definition) is 2. The molecule has 2 rings (SSSR count). The number of hydrogen-bond donors (Lipinski definition) is 2. The summed E-state index contributed by atoms with van der Waals surface area (Å²) in [5, 5.41) is 19.2. The monoisotopic (exact) mass is 213 g/mol. The van der Waals surface area contributed by atoms with E-state index in [4.69, 9.17) is 16.8 Å². The zero-order valence-electron chi connectivity index (χ0n) is 7.61. The maximum atomic E-state index is 10.9. The largest absolute Gasteiger partial charge is 0.595 e. The summed E-state index contributed by atoms with van der Waals surface area (Å²) < 4.78 is 0. The van der Waals surface area contributed by atoms with Gasteiger partial charge in [-0.2, -0.15) is 5.23 Å². The summed E-state index contributed by atoms with van der Waals surface area (Å²) in [5.41, 5.74) is 1.30. The summed E-state index contributed by atoms with van der Waals surface area (Å²) in [5.74, 6) is 0.470. The smallest absolute Gasteiger partial charge is 0.166 e. The maximum Gasteiger partial charge on any atom is 0.166 e. The zero-order chi connectivity index (χ0) is 10.1. The van der Waals surface area contributed by atoms with Gasteiger partial charge in [-0.05, 0) is 18.8 Å². The second-order valence-electron chi connectivity index (χ2n) is 3.68. The average molecular weight is 214 g/mol. The quantitative estimate of drug-likeness (QED) is 0.587. The van der Waals surface area contributed by atoms with Gasteiger partial charge in [0.25, 0.3) is 0 Å². The number of para-hydroxylation sites is 1. The Balaban J connectivity index is 2.15. The first-order valence-electron chi connectivity index (χ1n) is 4.63. The highest BCUT2D eigenvalue weighted by atomic mass is 35.5. The molecule has 1 aromatic carbocycles. The minimum Gasteiger partial charge on any atom is -0.595 e. The molecule has 2 N–H and O–H groups in total. The van der Waals surface area contributed by atoms with Crippen LogP contribution in [0.25, 0.3) is 0 Å². The molecule has 3 atom stereocenters. The van der Waals surface area contributed by atoms with Gasteiger partial charge in [0.2, 0.25) is 0 Å². The van der Waals surface area contributed by atoms with E-state index in [9.17, 15) is 5.21 Å². The van der Waals surface area contributed by atoms with Crippen molar-refractivity contribution >= 4 is 17.3 Å². The molecular weight excluding hydrogens is 202 g/mol. The van der Waals surface area contributed by atoms with Crippen LogP contribution in [0.15, 0.2) is 24.3 Å². The van der Waals surface area contributed by atoms with Crippen LogP contribution in [0.2, 0.25) is 0 Å². The van der Waals surface area contributed by atoms with Crippen molar-refractivity contribution < 1.29 is 10.4 Å². The first kappa shape index (κ1) is 9.93. The fraction of sp³-hybridized carbons (Fsp3) is 0.400. The molecule has 0 spiro atoms. The first-order valence-corrected chi connectivity index (χ1v) is 5.07. The summed E-state index contributed by atoms with van der Waals surface area (Å²) in [7, 11) is 0. The fourth-order valence-electron chi connectivity index (χ4n) is 1.61. The van der Waals surface area contributed by atoms with E-state index >= 15 is 0 Å². The van der Waals surface area contributed by atoms with E-state index < -0.39 is 5.23 Å². The molecule has 1 fully saturated rings. The summed E-state index contributed by atoms with van der Waals surface area (Å²) >= 11 is 5.89. The molecule has 0 radical (unpaired) electrons. The molecule has 0 amide bonds. The Morgan fingerprint density at radius 3 is 2.71 bits per heavy atom. The second-order valence-corrected chi connectivity index (χ2v) is 4.24. The topological polar surface area (TPSA) is 47.7 Å². The van der Waals surface area contributed by atoms with Crippen LogP contribution in [0.3, 0.4) is 0 Å². The maximum absolute atomic E-state index is 10.9. The Bertz CT molecular complexity index is 330. The lowest BCUT2D eigenvalue weighted by Crippen LogP contribution is -2.99. The number of halogens is 1. The van der Waals surface area contributed by atoms with Crippen molar-refractivity contribution in [3.05, 3.63) is 35.0 Å². The van der Waals surface area contributed by atoms with Crippen molar-refractivity contribution in [1.29, 1.82) is 0 Å². The molecule has 3 nitrogen and oxygen atoms in total. The lowest BCUT2D eigenvalue weighted by atomic mass is 10.1. The molecule has 76 valence electrons. The molecule has 0 saturated heterocycles. The van der Waals surface area contributed by atoms with Crippen LogP contribution in [0, 0.1) is 11.1 Å². The van der Waals surface area contributed by atoms with Crippen molar-refractivity contribution in [1.82, 2.24) is 0 Å². The van der Waals surface area contributed by atoms with Crippen molar-refractivity contribution in [3.8, 4) is 0 Å². The molecule has 0 heterocycles. The normalized spacial score (nSPS) is 27.4. The Morgan fingerprint density at radius 2 is 2.14 bits per heavy atom. The molecule has 0 aliphatic heterocycles. The van der Waals surface area contributed by atoms with Crippen molar-refractivity contribution in [2.75, 3.05) is 0 Å². The minimum atomic E-state index is -0.854. The molecule has 4 heteroatoms. The predicted octanol–water partition coefficient (Wildman–Crippen LogP) is 1.26. The van der Waals surface area contributed by atoms with Gasteiger partial charge < -0.3 is 5.21 Å². The molecule has 0 aromatic heterocycles. The van der Waals surface area contributed by atoms with E-state index in [0.717, 1.165) is 18.4 Å². The van der Waals surface area contributed by atoms with Gasteiger partial charge in [-0.25, -0.2) is 5.21 Å². The van der Waals surface area contributed by atoms with Crippen molar-refractivity contribution in [2.24, 2.45) is 5.92 Å². The van der Waals surface area contributed by atoms with Crippen LogP contribution in [-0.2, 0) is 6.42 Å². The third kappa shape index (κ3) is 2.07. The lowest BCUT2D eigenvalue weighted by molar-refractivity contribution is -0.991. The Morgan fingerprint density at radius 1 is 1.50 bits per heavy atom. The van der Waals surface area contributed by atoms with Crippen molar-refractivity contribution in [3.63, 3.8) is 0 Å². The van der Waals surface area contributed by atoms with E-state index in [0.29, 0.717) is 11.6 Å². The lowest BCUT2D eigenvalue weighted by Gasteiger charge is -2.15. The van der Waals surface area contributed by atoms with Gasteiger partial charge in [0, 0.05) is 17.0 Å². The van der Waals surface area contributed by atoms with Gasteiger partial charge in [-0.3, -0.25) is 0 Å². The van der Waals surface area contributed by atoms with Gasteiger partial charge in [0.1, 0.15) is 0 Å². The summed E-state index contributed by atoms with van der Waals surface area (Å²) in [6, 6.07) is 7.13. The first-order chi connectivity index (χ1) is 6.68. The number of benzene rings is 1. The minimum absolute atomic E-state index is 0.247. The highest BCUT2D eigenvalue weighted by Crippen LogP contribution is 2.39. The highest BCUT2D eigenvalue weighted by Gasteiger charge is 2.35. The average Bonchev–Trinajstić information content (AvgIpc) is 2.82. The van der Waals surface area contributed by atoms with Gasteiger partial charge >= 0.3 is 0 Å². The van der Waals surface area contributed by atoms with E-state index in [-0.39, 0.29) is 5.38 Å². The molecule has 14 heavy (non-hydrogen) atoms. The van der Waals surface area contributed by atoms with Gasteiger partial charge in [0.15, 0.2) is 5.69 Å². The van der Waals surface area contributed by atoms with Crippen LogP contribution in [0.4, 0.5) is 5.69 Å². The van der Waals surface area contributed by atoms with Crippen LogP contribution in [0.5, 0.6) is 0 Å². The van der Waals surface area contributed by atoms with Gasteiger partial charge in [-0.15, -0.1) is 11.6 Å². The third-order valence-corrected chi connectivity index (χ3v) is 3.10. The van der Waals surface area contributed by atoms with Crippen LogP contribution in [-0.4, -0.2) is 10.6 Å². The van der Waals surface area contributed by atoms with E-state index in [1.54, 1.807) is 12.1 Å². The summed E-state index contributed by atoms with van der Waals surface area (Å²) in [4.78, 5) is 0. The molecule has 1 aliphatic rings. The Hall–Kier alpha value is -0.610. The van der Waals surface area contributed by atoms with Crippen LogP contribution < -0.4 is 5.23 Å². The van der Waals surface area contributed by atoms with E-state index in [1.165, 1.54) is 0 Å². The summed E-state index contributed by atoms with van der Waals surface area (Å²) in [6.45, 7) is 0. The summed E-state index contributed by atoms with van der Waals surface area (Å²) in [6.07, 6.45) is 1.80.